The van der Waals surface area contributed by atoms with E-state index < -0.39 is 6.43 Å². The Hall–Kier alpha value is -0.640. The van der Waals surface area contributed by atoms with Crippen molar-refractivity contribution in [1.29, 1.82) is 0 Å². The van der Waals surface area contributed by atoms with E-state index in [9.17, 15) is 8.78 Å². The first-order valence-electron chi connectivity index (χ1n) is 2.94. The summed E-state index contributed by atoms with van der Waals surface area (Å²) >= 11 is 2.99. The van der Waals surface area contributed by atoms with Gasteiger partial charge in [0.15, 0.2) is 0 Å². The van der Waals surface area contributed by atoms with Crippen molar-refractivity contribution in [3.63, 3.8) is 0 Å². The Morgan fingerprint density at radius 2 is 2.00 bits per heavy atom. The molecule has 0 unspecified atom stereocenters. The van der Waals surface area contributed by atoms with E-state index in [1.807, 2.05) is 0 Å². The summed E-state index contributed by atoms with van der Waals surface area (Å²) < 4.78 is 24.5. The fourth-order valence-electron chi connectivity index (χ4n) is 0.720. The maximum Gasteiger partial charge on any atom is 0.264 e. The number of alkyl halides is 2. The van der Waals surface area contributed by atoms with Crippen LogP contribution in [0.5, 0.6) is 0 Å². The van der Waals surface area contributed by atoms with Crippen LogP contribution < -0.4 is 5.73 Å². The summed E-state index contributed by atoms with van der Waals surface area (Å²) in [4.78, 5) is 0. The van der Waals surface area contributed by atoms with Gasteiger partial charge in [0.25, 0.3) is 6.43 Å². The summed E-state index contributed by atoms with van der Waals surface area (Å²) in [5.74, 6) is 0. The van der Waals surface area contributed by atoms with E-state index >= 15 is 0 Å². The van der Waals surface area contributed by atoms with Crippen LogP contribution in [0.3, 0.4) is 0 Å². The first-order valence-corrected chi connectivity index (χ1v) is 3.73. The van der Waals surface area contributed by atoms with Crippen LogP contribution in [0.25, 0.3) is 0 Å². The predicted octanol–water partition coefficient (Wildman–Crippen LogP) is 2.97. The Kier molecular flexibility index (Phi) is 2.44. The molecule has 0 heterocycles. The van der Waals surface area contributed by atoms with Crippen LogP contribution in [0.2, 0.25) is 0 Å². The average molecular weight is 222 g/mol. The summed E-state index contributed by atoms with van der Waals surface area (Å²) in [7, 11) is 0. The van der Waals surface area contributed by atoms with Crippen molar-refractivity contribution in [2.75, 3.05) is 5.73 Å². The standard InChI is InChI=1S/C7H6BrF2N/c8-6-3-4(11)1-2-5(6)7(9)10/h1-3,7H,11H2. The zero-order chi connectivity index (χ0) is 8.43. The fraction of sp³-hybridized carbons (Fsp3) is 0.143. The second-order valence-corrected chi connectivity index (χ2v) is 2.94. The molecule has 60 valence electrons. The summed E-state index contributed by atoms with van der Waals surface area (Å²) in [6.07, 6.45) is -2.45. The summed E-state index contributed by atoms with van der Waals surface area (Å²) in [5, 5.41) is 0. The minimum absolute atomic E-state index is 0.0285. The maximum absolute atomic E-state index is 12.1. The molecule has 0 fully saturated rings. The number of nitrogen functional groups attached to an aromatic ring is 1. The zero-order valence-corrected chi connectivity index (χ0v) is 7.11. The van der Waals surface area contributed by atoms with E-state index in [1.54, 1.807) is 0 Å². The van der Waals surface area contributed by atoms with Crippen LogP contribution in [0.15, 0.2) is 22.7 Å². The summed E-state index contributed by atoms with van der Waals surface area (Å²) in [5.41, 5.74) is 5.80. The molecule has 11 heavy (non-hydrogen) atoms. The molecule has 1 rings (SSSR count). The zero-order valence-electron chi connectivity index (χ0n) is 5.52. The fourth-order valence-corrected chi connectivity index (χ4v) is 1.29. The number of hydrogen-bond acceptors (Lipinski definition) is 1. The van der Waals surface area contributed by atoms with Crippen molar-refractivity contribution in [3.8, 4) is 0 Å². The van der Waals surface area contributed by atoms with E-state index in [1.165, 1.54) is 18.2 Å². The van der Waals surface area contributed by atoms with Gasteiger partial charge in [-0.2, -0.15) is 0 Å². The third-order valence-corrected chi connectivity index (χ3v) is 1.95. The molecule has 0 aliphatic rings. The van der Waals surface area contributed by atoms with Gasteiger partial charge in [0, 0.05) is 15.7 Å². The van der Waals surface area contributed by atoms with Crippen molar-refractivity contribution >= 4 is 21.6 Å². The van der Waals surface area contributed by atoms with Crippen LogP contribution in [-0.4, -0.2) is 0 Å². The number of rotatable bonds is 1. The molecule has 0 saturated carbocycles. The van der Waals surface area contributed by atoms with E-state index in [4.69, 9.17) is 5.73 Å². The van der Waals surface area contributed by atoms with Crippen molar-refractivity contribution in [1.82, 2.24) is 0 Å². The number of anilines is 1. The third-order valence-electron chi connectivity index (χ3n) is 1.26. The summed E-state index contributed by atoms with van der Waals surface area (Å²) in [6.45, 7) is 0. The second kappa shape index (κ2) is 3.17. The van der Waals surface area contributed by atoms with E-state index in [-0.39, 0.29) is 5.56 Å². The lowest BCUT2D eigenvalue weighted by atomic mass is 10.2. The number of benzene rings is 1. The molecule has 1 aromatic carbocycles. The molecular formula is C7H6BrF2N. The molecule has 0 bridgehead atoms. The molecule has 0 aliphatic heterocycles. The summed E-state index contributed by atoms with van der Waals surface area (Å²) in [6, 6.07) is 4.22. The first kappa shape index (κ1) is 8.46. The lowest BCUT2D eigenvalue weighted by molar-refractivity contribution is 0.150. The first-order chi connectivity index (χ1) is 5.11. The molecule has 0 saturated heterocycles. The number of nitrogens with two attached hydrogens (primary N) is 1. The van der Waals surface area contributed by atoms with Gasteiger partial charge in [-0.15, -0.1) is 0 Å². The Bertz CT molecular complexity index is 263. The third kappa shape index (κ3) is 1.89. The number of hydrogen-bond donors (Lipinski definition) is 1. The van der Waals surface area contributed by atoms with Gasteiger partial charge in [-0.3, -0.25) is 0 Å². The van der Waals surface area contributed by atoms with Crippen molar-refractivity contribution in [3.05, 3.63) is 28.2 Å². The van der Waals surface area contributed by atoms with Crippen molar-refractivity contribution in [2.24, 2.45) is 0 Å². The average Bonchev–Trinajstić information content (AvgIpc) is 1.85. The lowest BCUT2D eigenvalue weighted by Crippen LogP contribution is -1.89. The van der Waals surface area contributed by atoms with Crippen molar-refractivity contribution in [2.45, 2.75) is 6.43 Å². The molecule has 1 aromatic rings. The molecule has 0 radical (unpaired) electrons. The molecule has 0 amide bonds. The Morgan fingerprint density at radius 3 is 2.45 bits per heavy atom. The van der Waals surface area contributed by atoms with Crippen LogP contribution in [0.4, 0.5) is 14.5 Å². The van der Waals surface area contributed by atoms with E-state index in [0.717, 1.165) is 0 Å². The number of halogens is 3. The molecule has 0 atom stereocenters. The van der Waals surface area contributed by atoms with Crippen LogP contribution >= 0.6 is 15.9 Å². The van der Waals surface area contributed by atoms with Gasteiger partial charge in [-0.1, -0.05) is 22.0 Å². The molecule has 4 heteroatoms. The molecule has 0 spiro atoms. The van der Waals surface area contributed by atoms with Gasteiger partial charge < -0.3 is 5.73 Å². The molecule has 0 aromatic heterocycles. The normalized spacial score (nSPS) is 10.5. The highest BCUT2D eigenvalue weighted by molar-refractivity contribution is 9.10. The topological polar surface area (TPSA) is 26.0 Å². The maximum atomic E-state index is 12.1. The van der Waals surface area contributed by atoms with Gasteiger partial charge in [-0.25, -0.2) is 8.78 Å². The monoisotopic (exact) mass is 221 g/mol. The molecule has 2 N–H and O–H groups in total. The minimum atomic E-state index is -2.45. The molecular weight excluding hydrogens is 216 g/mol. The Morgan fingerprint density at radius 1 is 1.36 bits per heavy atom. The van der Waals surface area contributed by atoms with E-state index in [0.29, 0.717) is 10.2 Å². The van der Waals surface area contributed by atoms with Gasteiger partial charge >= 0.3 is 0 Å². The highest BCUT2D eigenvalue weighted by Crippen LogP contribution is 2.28. The molecule has 0 aliphatic carbocycles. The van der Waals surface area contributed by atoms with Gasteiger partial charge in [-0.05, 0) is 12.1 Å². The lowest BCUT2D eigenvalue weighted by Gasteiger charge is -2.02. The van der Waals surface area contributed by atoms with Gasteiger partial charge in [0.05, 0.1) is 0 Å². The largest absolute Gasteiger partial charge is 0.399 e. The smallest absolute Gasteiger partial charge is 0.264 e. The van der Waals surface area contributed by atoms with Crippen LogP contribution in [0, 0.1) is 0 Å². The highest BCUT2D eigenvalue weighted by atomic mass is 79.9. The molecule has 1 nitrogen and oxygen atoms in total. The van der Waals surface area contributed by atoms with Crippen molar-refractivity contribution < 1.29 is 8.78 Å². The minimum Gasteiger partial charge on any atom is -0.399 e. The van der Waals surface area contributed by atoms with E-state index in [2.05, 4.69) is 15.9 Å². The van der Waals surface area contributed by atoms with Crippen LogP contribution in [0.1, 0.15) is 12.0 Å². The Labute approximate surface area is 71.3 Å². The Balaban J connectivity index is 3.09. The van der Waals surface area contributed by atoms with Crippen LogP contribution in [-0.2, 0) is 0 Å². The highest BCUT2D eigenvalue weighted by Gasteiger charge is 2.10. The predicted molar refractivity (Wildman–Crippen MR) is 43.5 cm³/mol. The second-order valence-electron chi connectivity index (χ2n) is 2.08. The van der Waals surface area contributed by atoms with Gasteiger partial charge in [0.1, 0.15) is 0 Å². The van der Waals surface area contributed by atoms with Gasteiger partial charge in [0.2, 0.25) is 0 Å². The SMILES string of the molecule is Nc1ccc(C(F)F)c(Br)c1. The quantitative estimate of drug-likeness (QED) is 0.726.